The lowest BCUT2D eigenvalue weighted by molar-refractivity contribution is 0.0905. The summed E-state index contributed by atoms with van der Waals surface area (Å²) in [5, 5.41) is 8.08. The van der Waals surface area contributed by atoms with E-state index in [-0.39, 0.29) is 5.56 Å². The number of halogens is 1. The van der Waals surface area contributed by atoms with Crippen molar-refractivity contribution in [3.8, 4) is 0 Å². The van der Waals surface area contributed by atoms with Gasteiger partial charge in [0.2, 0.25) is 0 Å². The fourth-order valence-corrected chi connectivity index (χ4v) is 4.29. The van der Waals surface area contributed by atoms with Crippen molar-refractivity contribution < 1.29 is 4.74 Å². The van der Waals surface area contributed by atoms with E-state index in [2.05, 4.69) is 48.7 Å². The average Bonchev–Trinajstić information content (AvgIpc) is 2.68. The minimum atomic E-state index is -0.0450. The molecule has 1 aromatic carbocycles. The van der Waals surface area contributed by atoms with Crippen LogP contribution in [0.1, 0.15) is 29.7 Å². The van der Waals surface area contributed by atoms with Gasteiger partial charge in [0.25, 0.3) is 5.56 Å². The quantitative estimate of drug-likeness (QED) is 0.526. The molecule has 1 saturated heterocycles. The zero-order valence-electron chi connectivity index (χ0n) is 16.6. The van der Waals surface area contributed by atoms with Crippen LogP contribution in [0.4, 0.5) is 11.4 Å². The van der Waals surface area contributed by atoms with Crippen LogP contribution in [0.3, 0.4) is 0 Å². The van der Waals surface area contributed by atoms with Crippen LogP contribution in [0.5, 0.6) is 0 Å². The monoisotopic (exact) mass is 456 g/mol. The van der Waals surface area contributed by atoms with Crippen molar-refractivity contribution in [2.75, 3.05) is 23.8 Å². The molecule has 0 saturated carbocycles. The van der Waals surface area contributed by atoms with Gasteiger partial charge in [-0.15, -0.1) is 0 Å². The van der Waals surface area contributed by atoms with Crippen molar-refractivity contribution in [2.24, 2.45) is 0 Å². The van der Waals surface area contributed by atoms with Crippen LogP contribution in [-0.4, -0.2) is 29.2 Å². The first-order valence-electron chi connectivity index (χ1n) is 9.87. The van der Waals surface area contributed by atoms with Gasteiger partial charge in [-0.25, -0.2) is 0 Å². The second-order valence-corrected chi connectivity index (χ2v) is 8.45. The SMILES string of the molecule is Cc1cc(C)c(CNc2ccnc3c(NC4CCOCC4)cc(Br)cc23)c(=O)[nH]1. The number of rotatable bonds is 5. The number of ether oxygens (including phenoxy) is 1. The molecule has 0 spiro atoms. The maximum atomic E-state index is 12.3. The molecule has 6 nitrogen and oxygen atoms in total. The second-order valence-electron chi connectivity index (χ2n) is 7.54. The molecule has 0 aliphatic carbocycles. The fraction of sp³-hybridized carbons (Fsp3) is 0.364. The lowest BCUT2D eigenvalue weighted by Crippen LogP contribution is -2.28. The molecule has 1 aliphatic rings. The van der Waals surface area contributed by atoms with E-state index < -0.39 is 0 Å². The van der Waals surface area contributed by atoms with Crippen molar-refractivity contribution in [1.82, 2.24) is 9.97 Å². The molecule has 2 aromatic heterocycles. The Balaban J connectivity index is 1.64. The molecule has 0 amide bonds. The number of hydrogen-bond acceptors (Lipinski definition) is 5. The number of pyridine rings is 2. The molecule has 0 radical (unpaired) electrons. The van der Waals surface area contributed by atoms with E-state index in [1.54, 1.807) is 6.20 Å². The third-order valence-electron chi connectivity index (χ3n) is 5.34. The minimum Gasteiger partial charge on any atom is -0.381 e. The molecule has 3 aromatic rings. The van der Waals surface area contributed by atoms with Gasteiger partial charge in [0.1, 0.15) is 0 Å². The molecule has 3 heterocycles. The van der Waals surface area contributed by atoms with E-state index in [4.69, 9.17) is 4.74 Å². The summed E-state index contributed by atoms with van der Waals surface area (Å²) in [4.78, 5) is 19.8. The van der Waals surface area contributed by atoms with Crippen LogP contribution < -0.4 is 16.2 Å². The molecule has 1 fully saturated rings. The summed E-state index contributed by atoms with van der Waals surface area (Å²) in [6, 6.07) is 8.46. The Hall–Kier alpha value is -2.38. The van der Waals surface area contributed by atoms with E-state index in [1.165, 1.54) is 0 Å². The van der Waals surface area contributed by atoms with Crippen LogP contribution in [0, 0.1) is 13.8 Å². The summed E-state index contributed by atoms with van der Waals surface area (Å²) in [5.41, 5.74) is 5.44. The van der Waals surface area contributed by atoms with Crippen molar-refractivity contribution in [2.45, 2.75) is 39.3 Å². The van der Waals surface area contributed by atoms with Gasteiger partial charge in [-0.05, 0) is 56.5 Å². The van der Waals surface area contributed by atoms with Crippen molar-refractivity contribution >= 4 is 38.2 Å². The van der Waals surface area contributed by atoms with Gasteiger partial charge in [-0.1, -0.05) is 15.9 Å². The number of anilines is 2. The Morgan fingerprint density at radius 1 is 1.21 bits per heavy atom. The molecular weight excluding hydrogens is 432 g/mol. The summed E-state index contributed by atoms with van der Waals surface area (Å²) in [7, 11) is 0. The first-order valence-corrected chi connectivity index (χ1v) is 10.7. The van der Waals surface area contributed by atoms with Gasteiger partial charge in [0.15, 0.2) is 0 Å². The summed E-state index contributed by atoms with van der Waals surface area (Å²) in [5.74, 6) is 0. The number of H-pyrrole nitrogens is 1. The first-order chi connectivity index (χ1) is 14.0. The number of aromatic nitrogens is 2. The maximum absolute atomic E-state index is 12.3. The van der Waals surface area contributed by atoms with Crippen LogP contribution in [0.2, 0.25) is 0 Å². The van der Waals surface area contributed by atoms with Crippen LogP contribution in [0.25, 0.3) is 10.9 Å². The van der Waals surface area contributed by atoms with Gasteiger partial charge in [-0.3, -0.25) is 9.78 Å². The number of nitrogens with zero attached hydrogens (tertiary/aromatic N) is 1. The summed E-state index contributed by atoms with van der Waals surface area (Å²) in [6.45, 7) is 5.89. The van der Waals surface area contributed by atoms with Crippen LogP contribution in [-0.2, 0) is 11.3 Å². The van der Waals surface area contributed by atoms with E-state index in [0.29, 0.717) is 12.6 Å². The molecule has 0 unspecified atom stereocenters. The van der Waals surface area contributed by atoms with E-state index in [9.17, 15) is 4.79 Å². The van der Waals surface area contributed by atoms with Gasteiger partial charge < -0.3 is 20.4 Å². The van der Waals surface area contributed by atoms with Gasteiger partial charge in [0.05, 0.1) is 11.2 Å². The summed E-state index contributed by atoms with van der Waals surface area (Å²) >= 11 is 3.63. The van der Waals surface area contributed by atoms with E-state index >= 15 is 0 Å². The second kappa shape index (κ2) is 8.55. The van der Waals surface area contributed by atoms with Gasteiger partial charge in [0, 0.05) is 58.8 Å². The van der Waals surface area contributed by atoms with E-state index in [1.807, 2.05) is 26.0 Å². The largest absolute Gasteiger partial charge is 0.381 e. The zero-order valence-corrected chi connectivity index (χ0v) is 18.2. The highest BCUT2D eigenvalue weighted by Crippen LogP contribution is 2.32. The predicted octanol–water partition coefficient (Wildman–Crippen LogP) is 4.51. The predicted molar refractivity (Wildman–Crippen MR) is 121 cm³/mol. The number of fused-ring (bicyclic) bond motifs is 1. The van der Waals surface area contributed by atoms with Gasteiger partial charge >= 0.3 is 0 Å². The number of aromatic amines is 1. The highest BCUT2D eigenvalue weighted by atomic mass is 79.9. The molecular formula is C22H25BrN4O2. The Kier molecular flexibility index (Phi) is 5.87. The highest BCUT2D eigenvalue weighted by molar-refractivity contribution is 9.10. The summed E-state index contributed by atoms with van der Waals surface area (Å²) < 4.78 is 6.45. The Bertz CT molecular complexity index is 1090. The zero-order chi connectivity index (χ0) is 20.4. The minimum absolute atomic E-state index is 0.0450. The number of nitrogens with one attached hydrogen (secondary N) is 3. The molecule has 0 atom stereocenters. The molecule has 3 N–H and O–H groups in total. The molecule has 0 bridgehead atoms. The maximum Gasteiger partial charge on any atom is 0.253 e. The molecule has 4 rings (SSSR count). The third kappa shape index (κ3) is 4.46. The lowest BCUT2D eigenvalue weighted by atomic mass is 10.1. The Morgan fingerprint density at radius 3 is 2.76 bits per heavy atom. The lowest BCUT2D eigenvalue weighted by Gasteiger charge is -2.25. The van der Waals surface area contributed by atoms with Crippen LogP contribution in [0.15, 0.2) is 39.7 Å². The molecule has 1 aliphatic heterocycles. The molecule has 7 heteroatoms. The smallest absolute Gasteiger partial charge is 0.253 e. The topological polar surface area (TPSA) is 79.0 Å². The van der Waals surface area contributed by atoms with Crippen LogP contribution >= 0.6 is 15.9 Å². The average molecular weight is 457 g/mol. The number of benzene rings is 1. The molecule has 152 valence electrons. The summed E-state index contributed by atoms with van der Waals surface area (Å²) in [6.07, 6.45) is 3.78. The first kappa shape index (κ1) is 19.9. The van der Waals surface area contributed by atoms with Crippen molar-refractivity contribution in [3.05, 3.63) is 62.1 Å². The fourth-order valence-electron chi connectivity index (χ4n) is 3.83. The molecule has 29 heavy (non-hydrogen) atoms. The van der Waals surface area contributed by atoms with Gasteiger partial charge in [-0.2, -0.15) is 0 Å². The Morgan fingerprint density at radius 2 is 2.00 bits per heavy atom. The number of hydrogen-bond donors (Lipinski definition) is 3. The van der Waals surface area contributed by atoms with E-state index in [0.717, 1.165) is 69.6 Å². The highest BCUT2D eigenvalue weighted by Gasteiger charge is 2.16. The third-order valence-corrected chi connectivity index (χ3v) is 5.80. The standard InChI is InChI=1S/C22H25BrN4O2/c1-13-9-14(2)26-22(28)18(13)12-25-19-3-6-24-21-17(19)10-15(23)11-20(21)27-16-4-7-29-8-5-16/h3,6,9-11,16,27H,4-5,7-8,12H2,1-2H3,(H,24,25)(H,26,28). The van der Waals surface area contributed by atoms with Crippen molar-refractivity contribution in [1.29, 1.82) is 0 Å². The Labute approximate surface area is 178 Å². The number of aryl methyl sites for hydroxylation is 2. The normalized spacial score (nSPS) is 14.9. The van der Waals surface area contributed by atoms with Crippen molar-refractivity contribution in [3.63, 3.8) is 0 Å².